The summed E-state index contributed by atoms with van der Waals surface area (Å²) in [4.78, 5) is 14.9. The van der Waals surface area contributed by atoms with Gasteiger partial charge in [-0.25, -0.2) is 0 Å². The number of hydrogen-bond donors (Lipinski definition) is 1. The number of likely N-dealkylation sites (tertiary alicyclic amines) is 1. The van der Waals surface area contributed by atoms with Gasteiger partial charge in [0.25, 0.3) is 0 Å². The molecular weight excluding hydrogens is 296 g/mol. The molecule has 3 fully saturated rings. The van der Waals surface area contributed by atoms with E-state index in [1.165, 1.54) is 31.2 Å². The minimum Gasteiger partial charge on any atom is -0.353 e. The van der Waals surface area contributed by atoms with Crippen LogP contribution in [0.4, 0.5) is 0 Å². The van der Waals surface area contributed by atoms with Gasteiger partial charge in [-0.05, 0) is 55.4 Å². The summed E-state index contributed by atoms with van der Waals surface area (Å²) in [6, 6.07) is 11.1. The number of amides is 1. The smallest absolute Gasteiger partial charge is 0.220 e. The molecule has 1 amide bonds. The molecule has 1 saturated heterocycles. The number of rotatable bonds is 5. The molecule has 130 valence electrons. The van der Waals surface area contributed by atoms with Gasteiger partial charge in [-0.1, -0.05) is 36.8 Å². The molecule has 0 aromatic heterocycles. The molecule has 2 saturated carbocycles. The molecule has 1 heterocycles. The molecule has 24 heavy (non-hydrogen) atoms. The molecule has 3 nitrogen and oxygen atoms in total. The average molecular weight is 326 g/mol. The van der Waals surface area contributed by atoms with Crippen LogP contribution in [-0.2, 0) is 11.3 Å². The number of piperidine rings is 1. The fraction of sp³-hybridized carbons (Fsp3) is 0.667. The topological polar surface area (TPSA) is 32.3 Å². The summed E-state index contributed by atoms with van der Waals surface area (Å²) in [7, 11) is 0. The fourth-order valence-corrected chi connectivity index (χ4v) is 5.23. The minimum atomic E-state index is 0.314. The van der Waals surface area contributed by atoms with Gasteiger partial charge in [-0.3, -0.25) is 9.69 Å². The van der Waals surface area contributed by atoms with E-state index in [0.717, 1.165) is 50.7 Å². The van der Waals surface area contributed by atoms with Gasteiger partial charge in [-0.2, -0.15) is 0 Å². The summed E-state index contributed by atoms with van der Waals surface area (Å²) in [5.41, 5.74) is 1.39. The third kappa shape index (κ3) is 3.83. The zero-order valence-corrected chi connectivity index (χ0v) is 14.6. The zero-order chi connectivity index (χ0) is 16.4. The fourth-order valence-electron chi connectivity index (χ4n) is 5.23. The Balaban J connectivity index is 1.18. The van der Waals surface area contributed by atoms with Crippen molar-refractivity contribution in [2.45, 2.75) is 57.5 Å². The van der Waals surface area contributed by atoms with Crippen molar-refractivity contribution in [2.24, 2.45) is 17.8 Å². The summed E-state index contributed by atoms with van der Waals surface area (Å²) in [6.45, 7) is 3.22. The van der Waals surface area contributed by atoms with Crippen LogP contribution in [0.15, 0.2) is 30.3 Å². The van der Waals surface area contributed by atoms with E-state index in [1.54, 1.807) is 0 Å². The maximum atomic E-state index is 12.4. The molecule has 1 aliphatic heterocycles. The van der Waals surface area contributed by atoms with E-state index in [0.29, 0.717) is 17.9 Å². The third-order valence-electron chi connectivity index (χ3n) is 6.53. The van der Waals surface area contributed by atoms with Crippen LogP contribution < -0.4 is 5.32 Å². The van der Waals surface area contributed by atoms with Crippen LogP contribution in [0.25, 0.3) is 0 Å². The summed E-state index contributed by atoms with van der Waals surface area (Å²) in [5, 5.41) is 3.32. The highest BCUT2D eigenvalue weighted by Gasteiger charge is 2.40. The number of hydrogen-bond acceptors (Lipinski definition) is 2. The molecule has 0 spiro atoms. The Hall–Kier alpha value is -1.35. The maximum absolute atomic E-state index is 12.4. The third-order valence-corrected chi connectivity index (χ3v) is 6.53. The Morgan fingerprint density at radius 2 is 1.83 bits per heavy atom. The van der Waals surface area contributed by atoms with Gasteiger partial charge < -0.3 is 5.32 Å². The van der Waals surface area contributed by atoms with Crippen LogP contribution in [-0.4, -0.2) is 29.9 Å². The van der Waals surface area contributed by atoms with Crippen molar-refractivity contribution < 1.29 is 4.79 Å². The summed E-state index contributed by atoms with van der Waals surface area (Å²) < 4.78 is 0. The highest BCUT2D eigenvalue weighted by molar-refractivity contribution is 5.76. The lowest BCUT2D eigenvalue weighted by Crippen LogP contribution is -2.44. The normalized spacial score (nSPS) is 30.6. The van der Waals surface area contributed by atoms with Crippen molar-refractivity contribution in [1.29, 1.82) is 0 Å². The van der Waals surface area contributed by atoms with Crippen molar-refractivity contribution in [3.8, 4) is 0 Å². The van der Waals surface area contributed by atoms with Crippen molar-refractivity contribution in [1.82, 2.24) is 10.2 Å². The first-order chi connectivity index (χ1) is 11.8. The molecule has 3 heteroatoms. The Morgan fingerprint density at radius 1 is 1.04 bits per heavy atom. The molecule has 1 aromatic rings. The number of fused-ring (bicyclic) bond motifs is 2. The quantitative estimate of drug-likeness (QED) is 0.897. The molecule has 1 aromatic carbocycles. The van der Waals surface area contributed by atoms with E-state index in [2.05, 4.69) is 40.5 Å². The lowest BCUT2D eigenvalue weighted by Gasteiger charge is -2.32. The summed E-state index contributed by atoms with van der Waals surface area (Å²) in [6.07, 6.45) is 8.47. The van der Waals surface area contributed by atoms with E-state index in [9.17, 15) is 4.79 Å². The molecule has 3 aliphatic rings. The second-order valence-electron chi connectivity index (χ2n) is 8.24. The van der Waals surface area contributed by atoms with E-state index in [1.807, 2.05) is 0 Å². The highest BCUT2D eigenvalue weighted by Crippen LogP contribution is 2.49. The monoisotopic (exact) mass is 326 g/mol. The van der Waals surface area contributed by atoms with Crippen molar-refractivity contribution in [3.63, 3.8) is 0 Å². The Labute approximate surface area is 145 Å². The molecule has 2 bridgehead atoms. The van der Waals surface area contributed by atoms with Gasteiger partial charge in [0.15, 0.2) is 0 Å². The zero-order valence-electron chi connectivity index (χ0n) is 14.6. The van der Waals surface area contributed by atoms with E-state index in [-0.39, 0.29) is 0 Å². The maximum Gasteiger partial charge on any atom is 0.220 e. The number of carbonyl (C=O) groups is 1. The van der Waals surface area contributed by atoms with Crippen molar-refractivity contribution >= 4 is 5.91 Å². The van der Waals surface area contributed by atoms with E-state index in [4.69, 9.17) is 0 Å². The van der Waals surface area contributed by atoms with Crippen molar-refractivity contribution in [3.05, 3.63) is 35.9 Å². The standard InChI is InChI=1S/C21H30N2O/c24-21(14-19-13-17-6-7-18(19)12-17)22-20-8-10-23(11-9-20)15-16-4-2-1-3-5-16/h1-5,17-20H,6-15H2,(H,22,24)/t17-,18-,19+/m1/s1. The average Bonchev–Trinajstić information content (AvgIpc) is 3.20. The van der Waals surface area contributed by atoms with E-state index >= 15 is 0 Å². The Morgan fingerprint density at radius 3 is 2.50 bits per heavy atom. The summed E-state index contributed by atoms with van der Waals surface area (Å²) >= 11 is 0. The number of carbonyl (C=O) groups excluding carboxylic acids is 1. The summed E-state index contributed by atoms with van der Waals surface area (Å²) in [5.74, 6) is 2.79. The van der Waals surface area contributed by atoms with Crippen LogP contribution in [0.1, 0.15) is 50.5 Å². The Kier molecular flexibility index (Phi) is 4.88. The molecule has 0 radical (unpaired) electrons. The largest absolute Gasteiger partial charge is 0.353 e. The van der Waals surface area contributed by atoms with Gasteiger partial charge >= 0.3 is 0 Å². The molecule has 0 unspecified atom stereocenters. The Bertz CT molecular complexity index is 550. The van der Waals surface area contributed by atoms with Crippen LogP contribution >= 0.6 is 0 Å². The second-order valence-corrected chi connectivity index (χ2v) is 8.24. The lowest BCUT2D eigenvalue weighted by molar-refractivity contribution is -0.123. The molecule has 2 aliphatic carbocycles. The van der Waals surface area contributed by atoms with Gasteiger partial charge in [0.1, 0.15) is 0 Å². The number of nitrogens with one attached hydrogen (secondary N) is 1. The van der Waals surface area contributed by atoms with E-state index < -0.39 is 0 Å². The van der Waals surface area contributed by atoms with Gasteiger partial charge in [0.2, 0.25) is 5.91 Å². The number of benzene rings is 1. The van der Waals surface area contributed by atoms with Crippen LogP contribution in [0.5, 0.6) is 0 Å². The predicted octanol–water partition coefficient (Wildman–Crippen LogP) is 3.59. The molecule has 1 N–H and O–H groups in total. The minimum absolute atomic E-state index is 0.314. The van der Waals surface area contributed by atoms with Gasteiger partial charge in [0, 0.05) is 32.1 Å². The first kappa shape index (κ1) is 16.1. The van der Waals surface area contributed by atoms with Crippen LogP contribution in [0.2, 0.25) is 0 Å². The molecular formula is C21H30N2O. The van der Waals surface area contributed by atoms with Gasteiger partial charge in [0.05, 0.1) is 0 Å². The highest BCUT2D eigenvalue weighted by atomic mass is 16.1. The van der Waals surface area contributed by atoms with Crippen molar-refractivity contribution in [2.75, 3.05) is 13.1 Å². The second kappa shape index (κ2) is 7.26. The molecule has 4 rings (SSSR count). The van der Waals surface area contributed by atoms with Crippen LogP contribution in [0, 0.1) is 17.8 Å². The SMILES string of the molecule is O=C(C[C@@H]1C[C@@H]2CC[C@@H]1C2)NC1CCN(Cc2ccccc2)CC1. The number of nitrogens with zero attached hydrogens (tertiary/aromatic N) is 1. The molecule has 3 atom stereocenters. The van der Waals surface area contributed by atoms with Gasteiger partial charge in [-0.15, -0.1) is 0 Å². The lowest BCUT2D eigenvalue weighted by atomic mass is 9.86. The predicted molar refractivity (Wildman–Crippen MR) is 96.4 cm³/mol. The van der Waals surface area contributed by atoms with Crippen LogP contribution in [0.3, 0.4) is 0 Å². The first-order valence-electron chi connectivity index (χ1n) is 9.82. The first-order valence-corrected chi connectivity index (χ1v) is 9.82.